The first-order valence-corrected chi connectivity index (χ1v) is 12.0. The molecule has 38 heavy (non-hydrogen) atoms. The van der Waals surface area contributed by atoms with Crippen LogP contribution < -0.4 is 10.6 Å². The van der Waals surface area contributed by atoms with Crippen molar-refractivity contribution in [3.05, 3.63) is 82.4 Å². The summed E-state index contributed by atoms with van der Waals surface area (Å²) in [4.78, 5) is 43.5. The lowest BCUT2D eigenvalue weighted by Gasteiger charge is -2.33. The summed E-state index contributed by atoms with van der Waals surface area (Å²) >= 11 is 0. The van der Waals surface area contributed by atoms with Crippen molar-refractivity contribution in [1.29, 1.82) is 0 Å². The van der Waals surface area contributed by atoms with E-state index in [4.69, 9.17) is 0 Å². The summed E-state index contributed by atoms with van der Waals surface area (Å²) in [5.74, 6) is 0.182. The monoisotopic (exact) mass is 521 g/mol. The number of carbonyl (C=O) groups excluding carboxylic acids is 1. The van der Waals surface area contributed by atoms with Gasteiger partial charge < -0.3 is 9.47 Å². The molecule has 1 fully saturated rings. The summed E-state index contributed by atoms with van der Waals surface area (Å²) in [6, 6.07) is 8.60. The van der Waals surface area contributed by atoms with Gasteiger partial charge in [-0.3, -0.25) is 14.3 Å². The Bertz CT molecular complexity index is 1740. The number of aromatic nitrogens is 6. The van der Waals surface area contributed by atoms with Crippen molar-refractivity contribution in [2.24, 2.45) is 7.05 Å². The van der Waals surface area contributed by atoms with Gasteiger partial charge in [-0.2, -0.15) is 13.2 Å². The zero-order valence-electron chi connectivity index (χ0n) is 20.2. The molecule has 1 aliphatic rings. The molecule has 0 aliphatic carbocycles. The molecule has 194 valence electrons. The highest BCUT2D eigenvalue weighted by molar-refractivity contribution is 6.15. The number of hydrogen-bond donors (Lipinski definition) is 1. The summed E-state index contributed by atoms with van der Waals surface area (Å²) < 4.78 is 42.8. The summed E-state index contributed by atoms with van der Waals surface area (Å²) in [5.41, 5.74) is 1.09. The minimum absolute atomic E-state index is 0.00286. The molecule has 0 radical (unpaired) electrons. The number of nitrogens with one attached hydrogen (secondary N) is 1. The second-order valence-corrected chi connectivity index (χ2v) is 9.36. The van der Waals surface area contributed by atoms with Gasteiger partial charge in [-0.05, 0) is 37.1 Å². The largest absolute Gasteiger partial charge is 0.416 e. The van der Waals surface area contributed by atoms with E-state index in [1.54, 1.807) is 29.9 Å². The number of fused-ring (bicyclic) bond motifs is 2. The molecule has 1 aromatic carbocycles. The molecule has 1 aliphatic heterocycles. The second kappa shape index (κ2) is 8.82. The number of halogens is 3. The van der Waals surface area contributed by atoms with Crippen molar-refractivity contribution in [3.63, 3.8) is 0 Å². The number of aryl methyl sites for hydroxylation is 1. The van der Waals surface area contributed by atoms with Gasteiger partial charge in [-0.1, -0.05) is 6.07 Å². The van der Waals surface area contributed by atoms with Gasteiger partial charge in [-0.25, -0.2) is 19.7 Å². The lowest BCUT2D eigenvalue weighted by Crippen LogP contribution is -2.37. The number of pyridine rings is 1. The third kappa shape index (κ3) is 4.01. The zero-order chi connectivity index (χ0) is 26.6. The van der Waals surface area contributed by atoms with Gasteiger partial charge in [0.2, 0.25) is 5.78 Å². The molecular weight excluding hydrogens is 499 g/mol. The van der Waals surface area contributed by atoms with E-state index in [0.717, 1.165) is 17.6 Å². The predicted octanol–water partition coefficient (Wildman–Crippen LogP) is 4.10. The number of hydrogen-bond acceptors (Lipinski definition) is 6. The number of nitrogens with zero attached hydrogens (tertiary/aromatic N) is 6. The molecule has 5 aromatic rings. The van der Waals surface area contributed by atoms with E-state index < -0.39 is 17.5 Å². The molecule has 0 atom stereocenters. The molecular formula is C26H22F3N7O2. The number of carbonyl (C=O) groups is 1. The maximum atomic E-state index is 13.4. The maximum Gasteiger partial charge on any atom is 0.416 e. The summed E-state index contributed by atoms with van der Waals surface area (Å²) in [7, 11) is 1.60. The van der Waals surface area contributed by atoms with Crippen LogP contribution in [0.25, 0.3) is 22.1 Å². The molecule has 0 saturated carbocycles. The van der Waals surface area contributed by atoms with E-state index in [1.807, 2.05) is 11.0 Å². The number of aromatic amines is 1. The van der Waals surface area contributed by atoms with Gasteiger partial charge in [0.05, 0.1) is 11.1 Å². The SMILES string of the molecule is Cn1cc(C(=O)c2cc(N3CCC(n4c(=O)[nH]c5ncccc54)CC3)ncn2)c2ccc(C(F)(F)F)cc21. The lowest BCUT2D eigenvalue weighted by atomic mass is 10.0. The average molecular weight is 522 g/mol. The standard InChI is InChI=1S/C26H22F3N7O2/c1-34-13-18(17-5-4-15(11-21(17)34)26(27,28)29)23(37)19-12-22(32-14-31-19)35-9-6-16(7-10-35)36-20-3-2-8-30-24(20)33-25(36)38/h2-5,8,11-14,16H,6-7,9-10H2,1H3,(H,30,33,38). The van der Waals surface area contributed by atoms with Gasteiger partial charge in [0.15, 0.2) is 5.65 Å². The van der Waals surface area contributed by atoms with E-state index in [1.165, 1.54) is 23.2 Å². The van der Waals surface area contributed by atoms with E-state index in [0.29, 0.717) is 48.3 Å². The van der Waals surface area contributed by atoms with Crippen LogP contribution >= 0.6 is 0 Å². The van der Waals surface area contributed by atoms with Crippen LogP contribution in [-0.4, -0.2) is 47.9 Å². The van der Waals surface area contributed by atoms with Crippen molar-refractivity contribution < 1.29 is 18.0 Å². The molecule has 0 amide bonds. The normalized spacial score (nSPS) is 15.0. The predicted molar refractivity (Wildman–Crippen MR) is 134 cm³/mol. The van der Waals surface area contributed by atoms with E-state index in [2.05, 4.69) is 19.9 Å². The third-order valence-corrected chi connectivity index (χ3v) is 7.09. The van der Waals surface area contributed by atoms with Gasteiger partial charge in [0.25, 0.3) is 0 Å². The Hall–Kier alpha value is -4.48. The van der Waals surface area contributed by atoms with Crippen molar-refractivity contribution >= 4 is 33.7 Å². The van der Waals surface area contributed by atoms with Crippen LogP contribution in [0.1, 0.15) is 40.5 Å². The van der Waals surface area contributed by atoms with Crippen LogP contribution in [0.15, 0.2) is 59.9 Å². The number of rotatable bonds is 4. The minimum atomic E-state index is -4.48. The number of alkyl halides is 3. The molecule has 1 N–H and O–H groups in total. The van der Waals surface area contributed by atoms with Crippen molar-refractivity contribution in [2.45, 2.75) is 25.1 Å². The molecule has 12 heteroatoms. The zero-order valence-corrected chi connectivity index (χ0v) is 20.2. The number of piperidine rings is 1. The quantitative estimate of drug-likeness (QED) is 0.358. The number of anilines is 1. The number of benzene rings is 1. The Balaban J connectivity index is 1.23. The van der Waals surface area contributed by atoms with Crippen molar-refractivity contribution in [3.8, 4) is 0 Å². The van der Waals surface area contributed by atoms with Gasteiger partial charge in [0.1, 0.15) is 17.8 Å². The fourth-order valence-electron chi connectivity index (χ4n) is 5.20. The molecule has 1 saturated heterocycles. The summed E-state index contributed by atoms with van der Waals surface area (Å²) in [6.07, 6.45) is 1.39. The molecule has 5 heterocycles. The van der Waals surface area contributed by atoms with Crippen LogP contribution in [0.4, 0.5) is 19.0 Å². The first-order chi connectivity index (χ1) is 18.2. The summed E-state index contributed by atoms with van der Waals surface area (Å²) in [6.45, 7) is 1.23. The van der Waals surface area contributed by atoms with Crippen LogP contribution in [-0.2, 0) is 13.2 Å². The lowest BCUT2D eigenvalue weighted by molar-refractivity contribution is -0.137. The van der Waals surface area contributed by atoms with Gasteiger partial charge >= 0.3 is 11.9 Å². The highest BCUT2D eigenvalue weighted by Gasteiger charge is 2.31. The van der Waals surface area contributed by atoms with E-state index in [9.17, 15) is 22.8 Å². The van der Waals surface area contributed by atoms with Crippen molar-refractivity contribution in [1.82, 2.24) is 29.1 Å². The van der Waals surface area contributed by atoms with Crippen LogP contribution in [0, 0.1) is 0 Å². The Labute approximate surface area is 213 Å². The summed E-state index contributed by atoms with van der Waals surface area (Å²) in [5, 5.41) is 0.421. The first-order valence-electron chi connectivity index (χ1n) is 12.0. The minimum Gasteiger partial charge on any atom is -0.356 e. The Morgan fingerprint density at radius 2 is 1.84 bits per heavy atom. The number of ketones is 1. The molecule has 0 spiro atoms. The first kappa shape index (κ1) is 23.9. The number of imidazole rings is 1. The van der Waals surface area contributed by atoms with E-state index in [-0.39, 0.29) is 23.0 Å². The average Bonchev–Trinajstić information content (AvgIpc) is 3.43. The van der Waals surface area contributed by atoms with Gasteiger partial charge in [0, 0.05) is 61.1 Å². The highest BCUT2D eigenvalue weighted by atomic mass is 19.4. The Morgan fingerprint density at radius 3 is 2.61 bits per heavy atom. The Kier molecular flexibility index (Phi) is 5.55. The Morgan fingerprint density at radius 1 is 1.05 bits per heavy atom. The fraction of sp³-hybridized carbons (Fsp3) is 0.269. The van der Waals surface area contributed by atoms with Crippen LogP contribution in [0.2, 0.25) is 0 Å². The van der Waals surface area contributed by atoms with Crippen molar-refractivity contribution in [2.75, 3.05) is 18.0 Å². The highest BCUT2D eigenvalue weighted by Crippen LogP contribution is 2.33. The maximum absolute atomic E-state index is 13.4. The molecule has 9 nitrogen and oxygen atoms in total. The fourth-order valence-corrected chi connectivity index (χ4v) is 5.20. The molecule has 0 bridgehead atoms. The molecule has 0 unspecified atom stereocenters. The third-order valence-electron chi connectivity index (χ3n) is 7.09. The second-order valence-electron chi connectivity index (χ2n) is 9.36. The number of H-pyrrole nitrogens is 1. The smallest absolute Gasteiger partial charge is 0.356 e. The van der Waals surface area contributed by atoms with Crippen LogP contribution in [0.3, 0.4) is 0 Å². The van der Waals surface area contributed by atoms with Gasteiger partial charge in [-0.15, -0.1) is 0 Å². The van der Waals surface area contributed by atoms with E-state index >= 15 is 0 Å². The topological polar surface area (TPSA) is 102 Å². The van der Waals surface area contributed by atoms with Crippen LogP contribution in [0.5, 0.6) is 0 Å². The molecule has 6 rings (SSSR count). The molecule has 4 aromatic heterocycles.